The first-order valence-electron chi connectivity index (χ1n) is 7.07. The number of phenolic OH excluding ortho intramolecular Hbond substituents is 1. The van der Waals surface area contributed by atoms with Crippen molar-refractivity contribution >= 4 is 17.7 Å². The number of nitrogens with one attached hydrogen (secondary N) is 1. The van der Waals surface area contributed by atoms with Crippen LogP contribution in [0, 0.1) is 0 Å². The summed E-state index contributed by atoms with van der Waals surface area (Å²) in [5.74, 6) is 0.157. The molecule has 0 aliphatic rings. The second-order valence-electron chi connectivity index (χ2n) is 4.84. The number of ether oxygens (including phenoxy) is 2. The van der Waals surface area contributed by atoms with Crippen LogP contribution in [0.25, 0.3) is 6.08 Å². The zero-order valence-electron chi connectivity index (χ0n) is 13.1. The van der Waals surface area contributed by atoms with Crippen LogP contribution in [-0.4, -0.2) is 25.2 Å². The molecule has 0 saturated carbocycles. The van der Waals surface area contributed by atoms with Crippen molar-refractivity contribution in [2.75, 3.05) is 19.5 Å². The van der Waals surface area contributed by atoms with E-state index in [0.29, 0.717) is 23.6 Å². The predicted molar refractivity (Wildman–Crippen MR) is 89.5 cm³/mol. The first kappa shape index (κ1) is 16.6. The summed E-state index contributed by atoms with van der Waals surface area (Å²) in [5, 5.41) is 12.5. The summed E-state index contributed by atoms with van der Waals surface area (Å²) in [7, 11) is 3.09. The number of hydrogen-bond acceptors (Lipinski definition) is 4. The van der Waals surface area contributed by atoms with Crippen LogP contribution < -0.4 is 10.1 Å². The van der Waals surface area contributed by atoms with Gasteiger partial charge in [-0.15, -0.1) is 0 Å². The molecule has 2 aromatic carbocycles. The Labute approximate surface area is 135 Å². The van der Waals surface area contributed by atoms with Gasteiger partial charge in [-0.3, -0.25) is 4.79 Å². The van der Waals surface area contributed by atoms with E-state index in [4.69, 9.17) is 9.47 Å². The van der Waals surface area contributed by atoms with Gasteiger partial charge in [0.05, 0.1) is 13.7 Å². The number of amides is 1. The Kier molecular flexibility index (Phi) is 5.77. The van der Waals surface area contributed by atoms with Crippen LogP contribution in [0.5, 0.6) is 11.5 Å². The first-order chi connectivity index (χ1) is 11.1. The Bertz CT molecular complexity index is 710. The maximum absolute atomic E-state index is 12.0. The molecule has 2 rings (SSSR count). The Morgan fingerprint density at radius 3 is 2.70 bits per heavy atom. The molecular weight excluding hydrogens is 294 g/mol. The second kappa shape index (κ2) is 8.00. The van der Waals surface area contributed by atoms with E-state index in [2.05, 4.69) is 5.32 Å². The molecule has 23 heavy (non-hydrogen) atoms. The van der Waals surface area contributed by atoms with Crippen molar-refractivity contribution in [3.63, 3.8) is 0 Å². The van der Waals surface area contributed by atoms with Crippen LogP contribution in [-0.2, 0) is 16.1 Å². The average molecular weight is 313 g/mol. The van der Waals surface area contributed by atoms with Crippen molar-refractivity contribution in [2.45, 2.75) is 6.61 Å². The highest BCUT2D eigenvalue weighted by Gasteiger charge is 2.04. The normalized spacial score (nSPS) is 10.7. The molecule has 0 saturated heterocycles. The number of hydrogen-bond donors (Lipinski definition) is 2. The minimum atomic E-state index is -0.260. The molecule has 0 aliphatic heterocycles. The summed E-state index contributed by atoms with van der Waals surface area (Å²) in [6, 6.07) is 12.4. The van der Waals surface area contributed by atoms with E-state index in [1.54, 1.807) is 25.3 Å². The third-order valence-electron chi connectivity index (χ3n) is 3.21. The fraction of sp³-hybridized carbons (Fsp3) is 0.167. The lowest BCUT2D eigenvalue weighted by Crippen LogP contribution is -2.10. The van der Waals surface area contributed by atoms with Crippen molar-refractivity contribution in [3.8, 4) is 11.5 Å². The molecule has 2 aromatic rings. The average Bonchev–Trinajstić information content (AvgIpc) is 2.55. The Morgan fingerprint density at radius 1 is 1.22 bits per heavy atom. The van der Waals surface area contributed by atoms with Gasteiger partial charge in [-0.1, -0.05) is 24.3 Å². The smallest absolute Gasteiger partial charge is 0.248 e. The van der Waals surface area contributed by atoms with Gasteiger partial charge in [0.1, 0.15) is 0 Å². The summed E-state index contributed by atoms with van der Waals surface area (Å²) in [6.07, 6.45) is 3.03. The monoisotopic (exact) mass is 313 g/mol. The van der Waals surface area contributed by atoms with E-state index in [0.717, 1.165) is 5.56 Å². The number of carbonyl (C=O) groups excluding carboxylic acids is 1. The number of aromatic hydroxyl groups is 1. The molecule has 2 N–H and O–H groups in total. The number of carbonyl (C=O) groups is 1. The highest BCUT2D eigenvalue weighted by molar-refractivity contribution is 6.02. The van der Waals surface area contributed by atoms with Crippen LogP contribution >= 0.6 is 0 Å². The topological polar surface area (TPSA) is 67.8 Å². The van der Waals surface area contributed by atoms with E-state index >= 15 is 0 Å². The fourth-order valence-corrected chi connectivity index (χ4v) is 2.08. The zero-order chi connectivity index (χ0) is 16.7. The molecule has 0 heterocycles. The van der Waals surface area contributed by atoms with Gasteiger partial charge in [0.2, 0.25) is 5.91 Å². The van der Waals surface area contributed by atoms with Gasteiger partial charge in [-0.2, -0.15) is 0 Å². The molecule has 0 bridgehead atoms. The van der Waals surface area contributed by atoms with Crippen LogP contribution in [0.3, 0.4) is 0 Å². The van der Waals surface area contributed by atoms with Crippen molar-refractivity contribution in [2.24, 2.45) is 0 Å². The number of anilines is 1. The minimum absolute atomic E-state index is 0.0282. The quantitative estimate of drug-likeness (QED) is 0.804. The van der Waals surface area contributed by atoms with E-state index in [-0.39, 0.29) is 11.7 Å². The van der Waals surface area contributed by atoms with Crippen LogP contribution in [0.2, 0.25) is 0 Å². The second-order valence-corrected chi connectivity index (χ2v) is 4.84. The van der Waals surface area contributed by atoms with Crippen LogP contribution in [0.1, 0.15) is 11.1 Å². The van der Waals surface area contributed by atoms with Crippen molar-refractivity contribution in [1.82, 2.24) is 0 Å². The lowest BCUT2D eigenvalue weighted by molar-refractivity contribution is -0.111. The molecule has 5 nitrogen and oxygen atoms in total. The SMILES string of the molecule is COCc1ccccc1NC(=O)C=Cc1ccc(OC)c(O)c1. The van der Waals surface area contributed by atoms with E-state index < -0.39 is 0 Å². The molecule has 0 aromatic heterocycles. The zero-order valence-corrected chi connectivity index (χ0v) is 13.1. The van der Waals surface area contributed by atoms with Crippen molar-refractivity contribution in [1.29, 1.82) is 0 Å². The number of phenols is 1. The molecule has 0 spiro atoms. The Morgan fingerprint density at radius 2 is 2.00 bits per heavy atom. The van der Waals surface area contributed by atoms with Crippen molar-refractivity contribution in [3.05, 3.63) is 59.7 Å². The molecule has 0 fully saturated rings. The number of benzene rings is 2. The Balaban J connectivity index is 2.06. The number of para-hydroxylation sites is 1. The van der Waals surface area contributed by atoms with E-state index in [1.807, 2.05) is 24.3 Å². The van der Waals surface area contributed by atoms with Gasteiger partial charge in [-0.05, 0) is 29.8 Å². The summed E-state index contributed by atoms with van der Waals surface area (Å²) >= 11 is 0. The lowest BCUT2D eigenvalue weighted by Gasteiger charge is -2.08. The van der Waals surface area contributed by atoms with Gasteiger partial charge in [0, 0.05) is 24.4 Å². The fourth-order valence-electron chi connectivity index (χ4n) is 2.08. The highest BCUT2D eigenvalue weighted by Crippen LogP contribution is 2.26. The van der Waals surface area contributed by atoms with Gasteiger partial charge < -0.3 is 19.9 Å². The largest absolute Gasteiger partial charge is 0.504 e. The number of methoxy groups -OCH3 is 2. The molecule has 120 valence electrons. The number of rotatable bonds is 6. The molecule has 1 amide bonds. The standard InChI is InChI=1S/C18H19NO4/c1-22-12-14-5-3-4-6-15(14)19-18(21)10-8-13-7-9-17(23-2)16(20)11-13/h3-11,20H,12H2,1-2H3,(H,19,21). The van der Waals surface area contributed by atoms with E-state index in [9.17, 15) is 9.90 Å². The van der Waals surface area contributed by atoms with Gasteiger partial charge in [0.15, 0.2) is 11.5 Å². The van der Waals surface area contributed by atoms with Gasteiger partial charge in [-0.25, -0.2) is 0 Å². The summed E-state index contributed by atoms with van der Waals surface area (Å²) in [5.41, 5.74) is 2.31. The first-order valence-corrected chi connectivity index (χ1v) is 7.07. The van der Waals surface area contributed by atoms with Gasteiger partial charge in [0.25, 0.3) is 0 Å². The third-order valence-corrected chi connectivity index (χ3v) is 3.21. The van der Waals surface area contributed by atoms with Crippen LogP contribution in [0.15, 0.2) is 48.5 Å². The van der Waals surface area contributed by atoms with Crippen LogP contribution in [0.4, 0.5) is 5.69 Å². The lowest BCUT2D eigenvalue weighted by atomic mass is 10.1. The highest BCUT2D eigenvalue weighted by atomic mass is 16.5. The minimum Gasteiger partial charge on any atom is -0.504 e. The maximum Gasteiger partial charge on any atom is 0.248 e. The summed E-state index contributed by atoms with van der Waals surface area (Å²) < 4.78 is 10.1. The third kappa shape index (κ3) is 4.59. The Hall–Kier alpha value is -2.79. The molecule has 0 aliphatic carbocycles. The van der Waals surface area contributed by atoms with Crippen molar-refractivity contribution < 1.29 is 19.4 Å². The summed E-state index contributed by atoms with van der Waals surface area (Å²) in [4.78, 5) is 12.0. The van der Waals surface area contributed by atoms with Gasteiger partial charge >= 0.3 is 0 Å². The molecule has 0 unspecified atom stereocenters. The molecule has 0 atom stereocenters. The van der Waals surface area contributed by atoms with E-state index in [1.165, 1.54) is 19.3 Å². The predicted octanol–water partition coefficient (Wildman–Crippen LogP) is 3.20. The maximum atomic E-state index is 12.0. The summed E-state index contributed by atoms with van der Waals surface area (Å²) in [6.45, 7) is 0.423. The molecule has 0 radical (unpaired) electrons. The molecule has 5 heteroatoms. The molecular formula is C18H19NO4.